The molecule has 0 saturated heterocycles. The number of nitrogens with one attached hydrogen (secondary N) is 1. The predicted octanol–water partition coefficient (Wildman–Crippen LogP) is 2.88. The summed E-state index contributed by atoms with van der Waals surface area (Å²) in [5.74, 6) is 0. The maximum Gasteiger partial charge on any atom is 0.0409 e. The highest BCUT2D eigenvalue weighted by Gasteiger charge is 1.93. The van der Waals surface area contributed by atoms with Crippen LogP contribution in [0.2, 0.25) is 5.02 Å². The second kappa shape index (κ2) is 5.05. The molecular formula is C11H14ClN. The van der Waals surface area contributed by atoms with Crippen molar-refractivity contribution >= 4 is 17.7 Å². The Kier molecular flexibility index (Phi) is 4.00. The van der Waals surface area contributed by atoms with E-state index in [9.17, 15) is 0 Å². The van der Waals surface area contributed by atoms with Gasteiger partial charge in [0, 0.05) is 11.6 Å². The van der Waals surface area contributed by atoms with Crippen LogP contribution in [0.1, 0.15) is 11.1 Å². The molecule has 0 aliphatic heterocycles. The molecule has 0 radical (unpaired) electrons. The lowest BCUT2D eigenvalue weighted by Gasteiger charge is -2.00. The van der Waals surface area contributed by atoms with Crippen molar-refractivity contribution in [2.75, 3.05) is 13.6 Å². The van der Waals surface area contributed by atoms with E-state index < -0.39 is 0 Å². The second-order valence-corrected chi connectivity index (χ2v) is 3.40. The fourth-order valence-corrected chi connectivity index (χ4v) is 1.36. The molecule has 70 valence electrons. The van der Waals surface area contributed by atoms with Crippen LogP contribution in [0.3, 0.4) is 0 Å². The summed E-state index contributed by atoms with van der Waals surface area (Å²) in [7, 11) is 1.93. The fourth-order valence-electron chi connectivity index (χ4n) is 1.13. The van der Waals surface area contributed by atoms with Crippen LogP contribution in [0.4, 0.5) is 0 Å². The Balaban J connectivity index is 2.77. The quantitative estimate of drug-likeness (QED) is 0.782. The average molecular weight is 196 g/mol. The minimum atomic E-state index is 0.795. The van der Waals surface area contributed by atoms with Gasteiger partial charge in [-0.15, -0.1) is 0 Å². The first-order valence-corrected chi connectivity index (χ1v) is 4.69. The highest BCUT2D eigenvalue weighted by Crippen LogP contribution is 2.15. The van der Waals surface area contributed by atoms with Crippen LogP contribution in [0.15, 0.2) is 24.3 Å². The normalized spacial score (nSPS) is 11.0. The van der Waals surface area contributed by atoms with Crippen molar-refractivity contribution < 1.29 is 0 Å². The zero-order valence-corrected chi connectivity index (χ0v) is 8.73. The molecule has 1 N–H and O–H groups in total. The van der Waals surface area contributed by atoms with Gasteiger partial charge in [-0.3, -0.25) is 0 Å². The monoisotopic (exact) mass is 195 g/mol. The minimum Gasteiger partial charge on any atom is -0.316 e. The number of benzene rings is 1. The van der Waals surface area contributed by atoms with Gasteiger partial charge in [0.1, 0.15) is 0 Å². The fraction of sp³-hybridized carbons (Fsp3) is 0.273. The Hall–Kier alpha value is -0.790. The highest BCUT2D eigenvalue weighted by atomic mass is 35.5. The standard InChI is InChI=1S/C11H14ClN/c1-9-8-11(12)6-5-10(9)4-3-7-13-2/h3-6,8,13H,7H2,1-2H3. The Morgan fingerprint density at radius 2 is 2.23 bits per heavy atom. The zero-order valence-electron chi connectivity index (χ0n) is 7.97. The summed E-state index contributed by atoms with van der Waals surface area (Å²) in [6, 6.07) is 5.91. The molecule has 13 heavy (non-hydrogen) atoms. The Morgan fingerprint density at radius 3 is 2.85 bits per heavy atom. The first-order chi connectivity index (χ1) is 6.24. The first kappa shape index (κ1) is 10.3. The molecule has 0 aliphatic carbocycles. The minimum absolute atomic E-state index is 0.795. The second-order valence-electron chi connectivity index (χ2n) is 2.96. The molecule has 0 heterocycles. The molecule has 0 unspecified atom stereocenters. The van der Waals surface area contributed by atoms with Crippen LogP contribution < -0.4 is 5.32 Å². The summed E-state index contributed by atoms with van der Waals surface area (Å²) in [5.41, 5.74) is 2.43. The van der Waals surface area contributed by atoms with Gasteiger partial charge in [-0.05, 0) is 37.2 Å². The highest BCUT2D eigenvalue weighted by molar-refractivity contribution is 6.30. The van der Waals surface area contributed by atoms with Crippen molar-refractivity contribution in [2.24, 2.45) is 0 Å². The van der Waals surface area contributed by atoms with Crippen LogP contribution in [-0.2, 0) is 0 Å². The number of hydrogen-bond donors (Lipinski definition) is 1. The summed E-state index contributed by atoms with van der Waals surface area (Å²) >= 11 is 5.84. The van der Waals surface area contributed by atoms with Crippen molar-refractivity contribution in [1.82, 2.24) is 5.32 Å². The number of rotatable bonds is 3. The average Bonchev–Trinajstić information content (AvgIpc) is 2.09. The number of hydrogen-bond acceptors (Lipinski definition) is 1. The van der Waals surface area contributed by atoms with Gasteiger partial charge in [-0.1, -0.05) is 29.8 Å². The van der Waals surface area contributed by atoms with Crippen LogP contribution in [0.25, 0.3) is 6.08 Å². The maximum absolute atomic E-state index is 5.84. The molecule has 0 atom stereocenters. The molecule has 2 heteroatoms. The molecule has 0 bridgehead atoms. The summed E-state index contributed by atoms with van der Waals surface area (Å²) in [6.45, 7) is 2.95. The Labute approximate surface area is 84.4 Å². The van der Waals surface area contributed by atoms with Crippen LogP contribution in [-0.4, -0.2) is 13.6 Å². The van der Waals surface area contributed by atoms with Gasteiger partial charge in [-0.2, -0.15) is 0 Å². The smallest absolute Gasteiger partial charge is 0.0409 e. The maximum atomic E-state index is 5.84. The summed E-state index contributed by atoms with van der Waals surface area (Å²) in [5, 5.41) is 3.85. The molecule has 0 aromatic heterocycles. The molecule has 0 aliphatic rings. The van der Waals surface area contributed by atoms with Crippen molar-refractivity contribution in [1.29, 1.82) is 0 Å². The Bertz CT molecular complexity index is 305. The molecule has 0 spiro atoms. The molecule has 1 aromatic carbocycles. The van der Waals surface area contributed by atoms with Crippen molar-refractivity contribution in [3.05, 3.63) is 40.4 Å². The van der Waals surface area contributed by atoms with Gasteiger partial charge < -0.3 is 5.32 Å². The van der Waals surface area contributed by atoms with Crippen molar-refractivity contribution in [2.45, 2.75) is 6.92 Å². The zero-order chi connectivity index (χ0) is 9.68. The number of aryl methyl sites for hydroxylation is 1. The van der Waals surface area contributed by atoms with Gasteiger partial charge in [0.15, 0.2) is 0 Å². The number of likely N-dealkylation sites (N-methyl/N-ethyl adjacent to an activating group) is 1. The summed E-state index contributed by atoms with van der Waals surface area (Å²) in [6.07, 6.45) is 4.19. The van der Waals surface area contributed by atoms with Gasteiger partial charge >= 0.3 is 0 Å². The SMILES string of the molecule is CNCC=Cc1ccc(Cl)cc1C. The van der Waals surface area contributed by atoms with E-state index in [2.05, 4.69) is 24.4 Å². The van der Waals surface area contributed by atoms with Gasteiger partial charge in [0.05, 0.1) is 0 Å². The lowest BCUT2D eigenvalue weighted by Crippen LogP contribution is -2.03. The third kappa shape index (κ3) is 3.21. The lowest BCUT2D eigenvalue weighted by molar-refractivity contribution is 0.922. The topological polar surface area (TPSA) is 12.0 Å². The summed E-state index contributed by atoms with van der Waals surface area (Å²) in [4.78, 5) is 0. The van der Waals surface area contributed by atoms with E-state index >= 15 is 0 Å². The van der Waals surface area contributed by atoms with E-state index in [4.69, 9.17) is 11.6 Å². The molecule has 0 saturated carbocycles. The van der Waals surface area contributed by atoms with E-state index in [-0.39, 0.29) is 0 Å². The van der Waals surface area contributed by atoms with E-state index in [1.807, 2.05) is 25.2 Å². The van der Waals surface area contributed by atoms with E-state index in [1.165, 1.54) is 11.1 Å². The predicted molar refractivity (Wildman–Crippen MR) is 59.1 cm³/mol. The Morgan fingerprint density at radius 1 is 1.46 bits per heavy atom. The third-order valence-electron chi connectivity index (χ3n) is 1.85. The van der Waals surface area contributed by atoms with Gasteiger partial charge in [-0.25, -0.2) is 0 Å². The van der Waals surface area contributed by atoms with Crippen LogP contribution >= 0.6 is 11.6 Å². The van der Waals surface area contributed by atoms with Crippen LogP contribution in [0, 0.1) is 6.92 Å². The molecule has 1 aromatic rings. The lowest BCUT2D eigenvalue weighted by atomic mass is 10.1. The molecule has 0 amide bonds. The van der Waals surface area contributed by atoms with Gasteiger partial charge in [0.2, 0.25) is 0 Å². The van der Waals surface area contributed by atoms with Crippen LogP contribution in [0.5, 0.6) is 0 Å². The summed E-state index contributed by atoms with van der Waals surface area (Å²) < 4.78 is 0. The molecular weight excluding hydrogens is 182 g/mol. The van der Waals surface area contributed by atoms with Gasteiger partial charge in [0.25, 0.3) is 0 Å². The third-order valence-corrected chi connectivity index (χ3v) is 2.09. The van der Waals surface area contributed by atoms with Crippen molar-refractivity contribution in [3.8, 4) is 0 Å². The largest absolute Gasteiger partial charge is 0.316 e. The van der Waals surface area contributed by atoms with E-state index in [0.717, 1.165) is 11.6 Å². The van der Waals surface area contributed by atoms with Crippen molar-refractivity contribution in [3.63, 3.8) is 0 Å². The number of halogens is 1. The molecule has 0 fully saturated rings. The van der Waals surface area contributed by atoms with E-state index in [0.29, 0.717) is 0 Å². The molecule has 1 nitrogen and oxygen atoms in total. The first-order valence-electron chi connectivity index (χ1n) is 4.31. The molecule has 1 rings (SSSR count). The van der Waals surface area contributed by atoms with E-state index in [1.54, 1.807) is 0 Å².